The van der Waals surface area contributed by atoms with Crippen LogP contribution in [0.1, 0.15) is 135 Å². The minimum Gasteiger partial charge on any atom is -0.344 e. The fourth-order valence-corrected chi connectivity index (χ4v) is 3.44. The smallest absolute Gasteiger partial charge is 0.275 e. The first kappa shape index (κ1) is 24.9. The van der Waals surface area contributed by atoms with Crippen LogP contribution in [0.3, 0.4) is 0 Å². The molecule has 0 aromatic rings. The number of hydrogen-bond acceptors (Lipinski definition) is 3. The lowest BCUT2D eigenvalue weighted by Crippen LogP contribution is -2.26. The normalized spacial score (nSPS) is 12.0. The van der Waals surface area contributed by atoms with Crippen LogP contribution in [0.4, 0.5) is 0 Å². The lowest BCUT2D eigenvalue weighted by molar-refractivity contribution is -0.315. The zero-order valence-electron chi connectivity index (χ0n) is 17.0. The molecule has 0 unspecified atom stereocenters. The van der Waals surface area contributed by atoms with Gasteiger partial charge in [-0.25, -0.2) is 0 Å². The highest BCUT2D eigenvalue weighted by Gasteiger charge is 2.16. The molecule has 0 bridgehead atoms. The molecule has 3 N–H and O–H groups in total. The fraction of sp³-hybridized carbons (Fsp3) is 1.00. The summed E-state index contributed by atoms with van der Waals surface area (Å²) < 4.78 is 0. The second-order valence-electron chi connectivity index (χ2n) is 7.89. The zero-order chi connectivity index (χ0) is 18.6. The first-order valence-corrected chi connectivity index (χ1v) is 11.2. The molecule has 0 saturated heterocycles. The van der Waals surface area contributed by atoms with E-state index < -0.39 is 5.97 Å². The molecule has 0 aromatic carbocycles. The van der Waals surface area contributed by atoms with Crippen molar-refractivity contribution in [1.29, 1.82) is 0 Å². The van der Waals surface area contributed by atoms with Gasteiger partial charge in [0.2, 0.25) is 0 Å². The average molecular weight is 359 g/mol. The summed E-state index contributed by atoms with van der Waals surface area (Å²) in [6.45, 7) is 2.28. The molecule has 3 heteroatoms. The van der Waals surface area contributed by atoms with E-state index in [1.165, 1.54) is 103 Å². The molecular formula is C22H46O3. The first-order valence-electron chi connectivity index (χ1n) is 11.2. The van der Waals surface area contributed by atoms with Gasteiger partial charge in [-0.3, -0.25) is 0 Å². The van der Waals surface area contributed by atoms with E-state index in [0.29, 0.717) is 6.42 Å². The van der Waals surface area contributed by atoms with Crippen LogP contribution in [0.25, 0.3) is 0 Å². The third kappa shape index (κ3) is 23.9. The minimum absolute atomic E-state index is 0.0614. The molecule has 0 saturated carbocycles. The molecule has 3 nitrogen and oxygen atoms in total. The summed E-state index contributed by atoms with van der Waals surface area (Å²) in [5.41, 5.74) is 0. The lowest BCUT2D eigenvalue weighted by atomic mass is 10.0. The van der Waals surface area contributed by atoms with Gasteiger partial charge in [-0.05, 0) is 6.42 Å². The molecule has 152 valence electrons. The molecule has 0 amide bonds. The van der Waals surface area contributed by atoms with E-state index >= 15 is 0 Å². The minimum atomic E-state index is -2.46. The van der Waals surface area contributed by atoms with Crippen molar-refractivity contribution < 1.29 is 15.3 Å². The maximum Gasteiger partial charge on any atom is 0.275 e. The van der Waals surface area contributed by atoms with Gasteiger partial charge >= 0.3 is 0 Å². The van der Waals surface area contributed by atoms with E-state index in [-0.39, 0.29) is 6.42 Å². The van der Waals surface area contributed by atoms with Gasteiger partial charge in [0.1, 0.15) is 0 Å². The van der Waals surface area contributed by atoms with Gasteiger partial charge in [0.25, 0.3) is 5.97 Å². The number of unbranched alkanes of at least 4 members (excludes halogenated alkanes) is 18. The molecule has 0 aliphatic rings. The average Bonchev–Trinajstić information content (AvgIpc) is 2.56. The molecule has 0 heterocycles. The fourth-order valence-electron chi connectivity index (χ4n) is 3.44. The summed E-state index contributed by atoms with van der Waals surface area (Å²) in [6, 6.07) is 0. The Kier molecular flexibility index (Phi) is 18.6. The van der Waals surface area contributed by atoms with Crippen LogP contribution >= 0.6 is 0 Å². The van der Waals surface area contributed by atoms with E-state index in [2.05, 4.69) is 6.92 Å². The van der Waals surface area contributed by atoms with Crippen molar-refractivity contribution in [2.75, 3.05) is 0 Å². The van der Waals surface area contributed by atoms with Gasteiger partial charge in [0.05, 0.1) is 0 Å². The van der Waals surface area contributed by atoms with Gasteiger partial charge in [-0.1, -0.05) is 122 Å². The predicted molar refractivity (Wildman–Crippen MR) is 107 cm³/mol. The molecule has 25 heavy (non-hydrogen) atoms. The molecule has 0 radical (unpaired) electrons. The topological polar surface area (TPSA) is 60.7 Å². The summed E-state index contributed by atoms with van der Waals surface area (Å²) in [4.78, 5) is 0. The summed E-state index contributed by atoms with van der Waals surface area (Å²) in [5.74, 6) is -2.46. The Morgan fingerprint density at radius 3 is 0.880 bits per heavy atom. The van der Waals surface area contributed by atoms with E-state index in [0.717, 1.165) is 12.8 Å². The third-order valence-corrected chi connectivity index (χ3v) is 5.12. The van der Waals surface area contributed by atoms with Crippen molar-refractivity contribution >= 4 is 0 Å². The van der Waals surface area contributed by atoms with Crippen molar-refractivity contribution in [3.8, 4) is 0 Å². The molecule has 0 aliphatic heterocycles. The Bertz CT molecular complexity index is 248. The van der Waals surface area contributed by atoms with E-state index in [4.69, 9.17) is 15.3 Å². The summed E-state index contributed by atoms with van der Waals surface area (Å²) in [7, 11) is 0. The molecule has 0 rings (SSSR count). The largest absolute Gasteiger partial charge is 0.344 e. The Morgan fingerprint density at radius 2 is 0.640 bits per heavy atom. The van der Waals surface area contributed by atoms with Crippen LogP contribution in [0.2, 0.25) is 0 Å². The third-order valence-electron chi connectivity index (χ3n) is 5.12. The second kappa shape index (κ2) is 18.7. The van der Waals surface area contributed by atoms with Crippen LogP contribution < -0.4 is 0 Å². The second-order valence-corrected chi connectivity index (χ2v) is 7.89. The lowest BCUT2D eigenvalue weighted by Gasteiger charge is -2.12. The zero-order valence-corrected chi connectivity index (χ0v) is 17.0. The van der Waals surface area contributed by atoms with Gasteiger partial charge < -0.3 is 15.3 Å². The quantitative estimate of drug-likeness (QED) is 0.173. The molecular weight excluding hydrogens is 312 g/mol. The van der Waals surface area contributed by atoms with Crippen molar-refractivity contribution in [2.24, 2.45) is 0 Å². The highest BCUT2D eigenvalue weighted by atomic mass is 16.7. The Hall–Kier alpha value is -0.120. The van der Waals surface area contributed by atoms with Crippen LogP contribution in [0, 0.1) is 0 Å². The molecule has 0 spiro atoms. The molecule has 0 aromatic heterocycles. The highest BCUT2D eigenvalue weighted by molar-refractivity contribution is 4.52. The number of aliphatic hydroxyl groups is 3. The van der Waals surface area contributed by atoms with E-state index in [1.54, 1.807) is 0 Å². The van der Waals surface area contributed by atoms with Gasteiger partial charge in [-0.15, -0.1) is 0 Å². The van der Waals surface area contributed by atoms with Crippen LogP contribution in [-0.2, 0) is 0 Å². The van der Waals surface area contributed by atoms with Crippen molar-refractivity contribution in [3.63, 3.8) is 0 Å². The molecule has 0 atom stereocenters. The predicted octanol–water partition coefficient (Wildman–Crippen LogP) is 6.44. The summed E-state index contributed by atoms with van der Waals surface area (Å²) in [5, 5.41) is 26.3. The Labute approximate surface area is 157 Å². The van der Waals surface area contributed by atoms with Gasteiger partial charge in [0.15, 0.2) is 0 Å². The van der Waals surface area contributed by atoms with Crippen molar-refractivity contribution in [3.05, 3.63) is 0 Å². The summed E-state index contributed by atoms with van der Waals surface area (Å²) in [6.07, 6.45) is 25.1. The van der Waals surface area contributed by atoms with E-state index in [9.17, 15) is 0 Å². The molecule has 0 fully saturated rings. The number of rotatable bonds is 20. The SMILES string of the molecule is CCCCCCCCCCCCCCCCCCCCCC(O)(O)O. The van der Waals surface area contributed by atoms with Crippen molar-refractivity contribution in [1.82, 2.24) is 0 Å². The van der Waals surface area contributed by atoms with Crippen molar-refractivity contribution in [2.45, 2.75) is 141 Å². The number of hydrogen-bond donors (Lipinski definition) is 3. The standard InChI is InChI=1S/C22H46O3/c1-2-3-4-5-6-7-8-9-10-11-12-13-14-15-16-17-18-19-20-21-22(23,24)25/h23-25H,2-21H2,1H3. The maximum atomic E-state index is 8.77. The van der Waals surface area contributed by atoms with Crippen LogP contribution in [0.15, 0.2) is 0 Å². The van der Waals surface area contributed by atoms with Crippen LogP contribution in [-0.4, -0.2) is 21.3 Å². The monoisotopic (exact) mass is 358 g/mol. The van der Waals surface area contributed by atoms with Gasteiger partial charge in [-0.2, -0.15) is 0 Å². The Balaban J connectivity index is 3.01. The van der Waals surface area contributed by atoms with Gasteiger partial charge in [0, 0.05) is 6.42 Å². The van der Waals surface area contributed by atoms with Crippen LogP contribution in [0.5, 0.6) is 0 Å². The summed E-state index contributed by atoms with van der Waals surface area (Å²) >= 11 is 0. The Morgan fingerprint density at radius 1 is 0.400 bits per heavy atom. The first-order chi connectivity index (χ1) is 12.1. The highest BCUT2D eigenvalue weighted by Crippen LogP contribution is 2.15. The van der Waals surface area contributed by atoms with E-state index in [1.807, 2.05) is 0 Å². The molecule has 0 aliphatic carbocycles. The maximum absolute atomic E-state index is 8.77.